The van der Waals surface area contributed by atoms with Crippen molar-refractivity contribution in [1.82, 2.24) is 14.9 Å². The van der Waals surface area contributed by atoms with E-state index in [9.17, 15) is 8.94 Å². The standard InChI is InChI=1S/C24H24FN3O2S/c1-24(2,3)31(29)28-20(15-21-19(25)12-8-14-26-21)16-9-4-5-10-17(16)23-18-11-6-7-13-22(18)30-27-23/h4-14,20,28H,15H2,1-3H3/t20?,31-/m0/s1. The summed E-state index contributed by atoms with van der Waals surface area (Å²) in [6, 6.07) is 17.8. The molecule has 4 aromatic rings. The maximum atomic E-state index is 14.4. The van der Waals surface area contributed by atoms with Crippen LogP contribution in [0.4, 0.5) is 4.39 Å². The topological polar surface area (TPSA) is 74.0 Å². The molecule has 0 amide bonds. The van der Waals surface area contributed by atoms with Crippen LogP contribution in [-0.2, 0) is 17.8 Å². The number of hydrogen-bond donors (Lipinski definition) is 1. The van der Waals surface area contributed by atoms with Crippen LogP contribution in [0.1, 0.15) is 38.1 Å². The summed E-state index contributed by atoms with van der Waals surface area (Å²) in [6.45, 7) is 5.68. The summed E-state index contributed by atoms with van der Waals surface area (Å²) in [5, 5.41) is 5.18. The van der Waals surface area contributed by atoms with Crippen LogP contribution in [0.25, 0.3) is 22.2 Å². The van der Waals surface area contributed by atoms with Crippen LogP contribution in [0, 0.1) is 5.82 Å². The van der Waals surface area contributed by atoms with Crippen molar-refractivity contribution in [2.45, 2.75) is 38.0 Å². The number of hydrogen-bond acceptors (Lipinski definition) is 5. The molecule has 0 saturated carbocycles. The van der Waals surface area contributed by atoms with E-state index in [1.165, 1.54) is 6.07 Å². The van der Waals surface area contributed by atoms with Gasteiger partial charge in [-0.1, -0.05) is 41.6 Å². The first-order chi connectivity index (χ1) is 14.8. The first-order valence-electron chi connectivity index (χ1n) is 10.1. The molecule has 0 aliphatic carbocycles. The summed E-state index contributed by atoms with van der Waals surface area (Å²) >= 11 is -1.37. The highest BCUT2D eigenvalue weighted by Gasteiger charge is 2.32. The molecule has 2 atom stereocenters. The first-order valence-corrected chi connectivity index (χ1v) is 11.2. The van der Waals surface area contributed by atoms with Gasteiger partial charge in [0.2, 0.25) is 0 Å². The van der Waals surface area contributed by atoms with Gasteiger partial charge < -0.3 is 9.08 Å². The average molecular weight is 438 g/mol. The molecule has 0 aliphatic rings. The van der Waals surface area contributed by atoms with Crippen molar-refractivity contribution in [3.63, 3.8) is 0 Å². The van der Waals surface area contributed by atoms with Crippen LogP contribution in [-0.4, -0.2) is 19.4 Å². The minimum atomic E-state index is -1.37. The van der Waals surface area contributed by atoms with Gasteiger partial charge in [-0.3, -0.25) is 4.98 Å². The third kappa shape index (κ3) is 4.63. The second-order valence-electron chi connectivity index (χ2n) is 8.30. The summed E-state index contributed by atoms with van der Waals surface area (Å²) in [4.78, 5) is 4.21. The number of pyridine rings is 1. The lowest BCUT2D eigenvalue weighted by Crippen LogP contribution is -2.42. The van der Waals surface area contributed by atoms with Crippen LogP contribution >= 0.6 is 0 Å². The zero-order valence-corrected chi connectivity index (χ0v) is 18.4. The molecule has 0 radical (unpaired) electrons. The molecule has 0 spiro atoms. The van der Waals surface area contributed by atoms with E-state index < -0.39 is 22.2 Å². The van der Waals surface area contributed by atoms with Gasteiger partial charge in [-0.25, -0.2) is 4.39 Å². The number of fused-ring (bicyclic) bond motifs is 1. The van der Waals surface area contributed by atoms with E-state index in [2.05, 4.69) is 14.9 Å². The van der Waals surface area contributed by atoms with E-state index in [1.54, 1.807) is 12.3 Å². The molecule has 2 aromatic heterocycles. The van der Waals surface area contributed by atoms with E-state index in [1.807, 2.05) is 69.3 Å². The lowest BCUT2D eigenvalue weighted by atomic mass is 9.94. The summed E-state index contributed by atoms with van der Waals surface area (Å²) < 4.78 is 35.6. The first kappa shape index (κ1) is 21.5. The normalized spacial score (nSPS) is 14.0. The largest absolute Gasteiger partial charge is 0.598 e. The third-order valence-corrected chi connectivity index (χ3v) is 6.62. The van der Waals surface area contributed by atoms with Gasteiger partial charge in [0.05, 0.1) is 11.7 Å². The van der Waals surface area contributed by atoms with Crippen molar-refractivity contribution in [2.24, 2.45) is 0 Å². The van der Waals surface area contributed by atoms with Crippen molar-refractivity contribution in [1.29, 1.82) is 0 Å². The van der Waals surface area contributed by atoms with Gasteiger partial charge in [0.25, 0.3) is 0 Å². The molecule has 5 nitrogen and oxygen atoms in total. The monoisotopic (exact) mass is 437 g/mol. The Kier molecular flexibility index (Phi) is 6.09. The molecule has 1 N–H and O–H groups in total. The van der Waals surface area contributed by atoms with Crippen molar-refractivity contribution in [3.05, 3.63) is 83.9 Å². The van der Waals surface area contributed by atoms with E-state index in [0.29, 0.717) is 17.0 Å². The summed E-state index contributed by atoms with van der Waals surface area (Å²) in [5.74, 6) is -0.389. The summed E-state index contributed by atoms with van der Waals surface area (Å²) in [6.07, 6.45) is 1.80. The smallest absolute Gasteiger partial charge is 0.167 e. The van der Waals surface area contributed by atoms with Crippen molar-refractivity contribution < 1.29 is 13.5 Å². The highest BCUT2D eigenvalue weighted by atomic mass is 32.2. The molecule has 2 heterocycles. The molecule has 0 bridgehead atoms. The molecule has 0 saturated heterocycles. The van der Waals surface area contributed by atoms with E-state index in [4.69, 9.17) is 4.52 Å². The van der Waals surface area contributed by atoms with E-state index >= 15 is 0 Å². The van der Waals surface area contributed by atoms with Gasteiger partial charge in [0, 0.05) is 34.9 Å². The fourth-order valence-corrected chi connectivity index (χ4v) is 4.20. The minimum Gasteiger partial charge on any atom is -0.598 e. The molecule has 0 aliphatic heterocycles. The fraction of sp³-hybridized carbons (Fsp3) is 0.250. The Morgan fingerprint density at radius 2 is 1.81 bits per heavy atom. The number of nitrogens with zero attached hydrogens (tertiary/aromatic N) is 2. The Balaban J connectivity index is 1.81. The van der Waals surface area contributed by atoms with Crippen molar-refractivity contribution >= 4 is 22.3 Å². The quantitative estimate of drug-likeness (QED) is 0.411. The number of benzene rings is 2. The number of aromatic nitrogens is 2. The van der Waals surface area contributed by atoms with E-state index in [0.717, 1.165) is 16.5 Å². The van der Waals surface area contributed by atoms with Gasteiger partial charge in [-0.15, -0.1) is 4.72 Å². The third-order valence-electron chi connectivity index (χ3n) is 5.01. The molecule has 7 heteroatoms. The molecule has 4 rings (SSSR count). The van der Waals surface area contributed by atoms with Gasteiger partial charge >= 0.3 is 0 Å². The Hall–Kier alpha value is -2.74. The molecule has 31 heavy (non-hydrogen) atoms. The van der Waals surface area contributed by atoms with Crippen molar-refractivity contribution in [3.8, 4) is 11.3 Å². The van der Waals surface area contributed by atoms with Crippen LogP contribution < -0.4 is 4.72 Å². The highest BCUT2D eigenvalue weighted by Crippen LogP contribution is 2.35. The maximum absolute atomic E-state index is 14.4. The molecular weight excluding hydrogens is 413 g/mol. The predicted octanol–water partition coefficient (Wildman–Crippen LogP) is 5.36. The van der Waals surface area contributed by atoms with Gasteiger partial charge in [0.15, 0.2) is 5.58 Å². The molecule has 0 fully saturated rings. The molecule has 1 unspecified atom stereocenters. The van der Waals surface area contributed by atoms with Crippen LogP contribution in [0.3, 0.4) is 0 Å². The second-order valence-corrected chi connectivity index (χ2v) is 10.3. The van der Waals surface area contributed by atoms with Gasteiger partial charge in [-0.05, 0) is 50.6 Å². The lowest BCUT2D eigenvalue weighted by molar-refractivity contribution is 0.459. The van der Waals surface area contributed by atoms with Gasteiger partial charge in [0.1, 0.15) is 16.3 Å². The molecule has 160 valence electrons. The lowest BCUT2D eigenvalue weighted by Gasteiger charge is -2.29. The highest BCUT2D eigenvalue weighted by molar-refractivity contribution is 7.90. The number of para-hydroxylation sites is 1. The van der Waals surface area contributed by atoms with Crippen LogP contribution in [0.15, 0.2) is 71.4 Å². The average Bonchev–Trinajstić information content (AvgIpc) is 3.18. The molecular formula is C24H24FN3O2S. The van der Waals surface area contributed by atoms with E-state index in [-0.39, 0.29) is 12.2 Å². The van der Waals surface area contributed by atoms with Crippen molar-refractivity contribution in [2.75, 3.05) is 0 Å². The van der Waals surface area contributed by atoms with Gasteiger partial charge in [-0.2, -0.15) is 0 Å². The Morgan fingerprint density at radius 1 is 1.06 bits per heavy atom. The second kappa shape index (κ2) is 8.78. The molecule has 2 aromatic carbocycles. The number of rotatable bonds is 6. The summed E-state index contributed by atoms with van der Waals surface area (Å²) in [7, 11) is 0. The Morgan fingerprint density at radius 3 is 2.58 bits per heavy atom. The summed E-state index contributed by atoms with van der Waals surface area (Å²) in [5.41, 5.74) is 3.38. The Bertz CT molecular complexity index is 1190. The fourth-order valence-electron chi connectivity index (χ4n) is 3.38. The predicted molar refractivity (Wildman–Crippen MR) is 121 cm³/mol. The zero-order chi connectivity index (χ0) is 22.0. The number of nitrogens with one attached hydrogen (secondary N) is 1. The Labute approximate surface area is 184 Å². The minimum absolute atomic E-state index is 0.237. The zero-order valence-electron chi connectivity index (χ0n) is 17.6. The SMILES string of the molecule is CC(C)(C)[S@+]([O-])NC(Cc1ncccc1F)c1ccccc1-c1noc2ccccc12. The van der Waals surface area contributed by atoms with Crippen LogP contribution in [0.5, 0.6) is 0 Å². The number of halogens is 1. The maximum Gasteiger partial charge on any atom is 0.167 e. The van der Waals surface area contributed by atoms with Crippen LogP contribution in [0.2, 0.25) is 0 Å².